The smallest absolute Gasteiger partial charge is 0.408 e. The Morgan fingerprint density at radius 2 is 2.09 bits per heavy atom. The highest BCUT2D eigenvalue weighted by Crippen LogP contribution is 2.31. The van der Waals surface area contributed by atoms with Crippen LogP contribution in [0, 0.1) is 0 Å². The van der Waals surface area contributed by atoms with Crippen molar-refractivity contribution >= 4 is 24.3 Å². The number of hydrogen-bond acceptors (Lipinski definition) is 4. The Labute approximate surface area is 139 Å². The predicted octanol–water partition coefficient (Wildman–Crippen LogP) is 3.22. The maximum Gasteiger partial charge on any atom is 0.496 e. The van der Waals surface area contributed by atoms with Crippen molar-refractivity contribution in [3.8, 4) is 0 Å². The van der Waals surface area contributed by atoms with E-state index >= 15 is 0 Å². The lowest BCUT2D eigenvalue weighted by atomic mass is 9.73. The minimum atomic E-state index is -2.64. The highest BCUT2D eigenvalue weighted by atomic mass is 32.2. The molecule has 0 bridgehead atoms. The Morgan fingerprint density at radius 3 is 2.57 bits per heavy atom. The Hall–Kier alpha value is -1.06. The lowest BCUT2D eigenvalue weighted by molar-refractivity contribution is 0.163. The van der Waals surface area contributed by atoms with Crippen LogP contribution < -0.4 is 0 Å². The average Bonchev–Trinajstić information content (AvgIpc) is 2.44. The number of halogens is 2. The zero-order valence-electron chi connectivity index (χ0n) is 14.4. The Kier molecular flexibility index (Phi) is 8.08. The van der Waals surface area contributed by atoms with E-state index in [0.717, 1.165) is 0 Å². The minimum absolute atomic E-state index is 0.0849. The summed E-state index contributed by atoms with van der Waals surface area (Å²) in [7, 11) is 1.82. The van der Waals surface area contributed by atoms with Gasteiger partial charge in [-0.15, -0.1) is 0 Å². The van der Waals surface area contributed by atoms with E-state index in [1.54, 1.807) is 25.1 Å². The number of rotatable bonds is 8. The van der Waals surface area contributed by atoms with Gasteiger partial charge in [-0.05, 0) is 27.7 Å². The van der Waals surface area contributed by atoms with E-state index in [1.807, 2.05) is 27.9 Å². The van der Waals surface area contributed by atoms with Crippen LogP contribution in [-0.4, -0.2) is 51.6 Å². The van der Waals surface area contributed by atoms with E-state index in [-0.39, 0.29) is 17.1 Å². The Morgan fingerprint density at radius 1 is 1.43 bits per heavy atom. The Bertz CT molecular complexity index is 534. The number of allylic oxidation sites excluding steroid dienone is 3. The summed E-state index contributed by atoms with van der Waals surface area (Å²) in [4.78, 5) is 2.18. The molecule has 0 saturated carbocycles. The van der Waals surface area contributed by atoms with Crippen molar-refractivity contribution < 1.29 is 18.1 Å². The van der Waals surface area contributed by atoms with Crippen LogP contribution in [0.5, 0.6) is 0 Å². The molecule has 0 aromatic heterocycles. The zero-order valence-corrected chi connectivity index (χ0v) is 15.2. The minimum Gasteiger partial charge on any atom is -0.408 e. The van der Waals surface area contributed by atoms with Crippen LogP contribution in [0.15, 0.2) is 30.9 Å². The molecule has 1 rings (SSSR count). The fourth-order valence-corrected chi connectivity index (χ4v) is 3.14. The summed E-state index contributed by atoms with van der Waals surface area (Å²) >= 11 is 0. The summed E-state index contributed by atoms with van der Waals surface area (Å²) in [5, 5.41) is 0. The first-order valence-corrected chi connectivity index (χ1v) is 8.54. The van der Waals surface area contributed by atoms with E-state index in [0.29, 0.717) is 11.5 Å². The van der Waals surface area contributed by atoms with Gasteiger partial charge in [-0.25, -0.2) is 13.1 Å². The fourth-order valence-electron chi connectivity index (χ4n) is 1.87. The van der Waals surface area contributed by atoms with E-state index in [4.69, 9.17) is 9.31 Å². The van der Waals surface area contributed by atoms with E-state index in [9.17, 15) is 8.78 Å². The van der Waals surface area contributed by atoms with E-state index < -0.39 is 24.4 Å². The molecule has 0 aliphatic carbocycles. The zero-order chi connectivity index (χ0) is 17.6. The monoisotopic (exact) mass is 347 g/mol. The molecule has 1 unspecified atom stereocenters. The molecule has 0 aromatic rings. The third-order valence-corrected chi connectivity index (χ3v) is 4.19. The molecule has 0 N–H and O–H groups in total. The first-order valence-electron chi connectivity index (χ1n) is 7.40. The van der Waals surface area contributed by atoms with Crippen LogP contribution in [0.4, 0.5) is 8.78 Å². The van der Waals surface area contributed by atoms with E-state index in [1.165, 1.54) is 6.20 Å². The summed E-state index contributed by atoms with van der Waals surface area (Å²) < 4.78 is 46.9. The van der Waals surface area contributed by atoms with Gasteiger partial charge < -0.3 is 14.2 Å². The molecule has 1 atom stereocenters. The molecule has 1 aliphatic heterocycles. The van der Waals surface area contributed by atoms with Gasteiger partial charge in [0.15, 0.2) is 0 Å². The fraction of sp³-hybridized carbons (Fsp3) is 0.643. The van der Waals surface area contributed by atoms with Crippen molar-refractivity contribution in [1.82, 2.24) is 4.90 Å². The lowest BCUT2D eigenvalue weighted by Gasteiger charge is -2.24. The second-order valence-electron chi connectivity index (χ2n) is 5.38. The third-order valence-electron chi connectivity index (χ3n) is 2.82. The summed E-state index contributed by atoms with van der Waals surface area (Å²) in [6, 6.07) is 0. The summed E-state index contributed by atoms with van der Waals surface area (Å²) in [6.45, 7) is 7.44. The van der Waals surface area contributed by atoms with Gasteiger partial charge in [-0.3, -0.25) is 0 Å². The van der Waals surface area contributed by atoms with Gasteiger partial charge in [0.2, 0.25) is 0 Å². The molecular formula is C14H24BF2N3O2S. The topological polar surface area (TPSA) is 46.4 Å². The predicted molar refractivity (Wildman–Crippen MR) is 92.4 cm³/mol. The molecule has 5 nitrogen and oxygen atoms in total. The first kappa shape index (κ1) is 20.0. The number of nitrogens with zero attached hydrogens (tertiary/aromatic N) is 3. The largest absolute Gasteiger partial charge is 0.496 e. The number of alkyl halides is 2. The summed E-state index contributed by atoms with van der Waals surface area (Å²) in [5.74, 6) is 0. The van der Waals surface area contributed by atoms with Crippen LogP contribution >= 0.6 is 0 Å². The molecule has 0 amide bonds. The second kappa shape index (κ2) is 9.29. The molecular weight excluding hydrogens is 323 g/mol. The molecule has 0 spiro atoms. The molecule has 9 heteroatoms. The molecule has 0 saturated heterocycles. The molecule has 1 heterocycles. The number of hydrogen-bond donors (Lipinski definition) is 0. The van der Waals surface area contributed by atoms with Crippen LogP contribution in [-0.2, 0) is 20.2 Å². The van der Waals surface area contributed by atoms with Gasteiger partial charge >= 0.3 is 7.12 Å². The average molecular weight is 347 g/mol. The lowest BCUT2D eigenvalue weighted by Crippen LogP contribution is -2.32. The van der Waals surface area contributed by atoms with Crippen LogP contribution in [0.1, 0.15) is 27.7 Å². The molecule has 0 radical (unpaired) electrons. The van der Waals surface area contributed by atoms with E-state index in [2.05, 4.69) is 8.76 Å². The standard InChI is InChI=1S/C14H24BF2N3O2S/c1-7-21-15(22-10(2)3)12-8-18-23(19-9-20(5)6)11(4)13(12)14(16)17/h8-10,14H,7H2,1-6H3. The van der Waals surface area contributed by atoms with Crippen molar-refractivity contribution in [3.63, 3.8) is 0 Å². The van der Waals surface area contributed by atoms with Crippen molar-refractivity contribution in [2.75, 3.05) is 20.7 Å². The Balaban J connectivity index is 3.25. The normalized spacial score (nSPS) is 18.7. The second-order valence-corrected chi connectivity index (χ2v) is 6.94. The van der Waals surface area contributed by atoms with Crippen LogP contribution in [0.2, 0.25) is 0 Å². The highest BCUT2D eigenvalue weighted by Gasteiger charge is 2.35. The molecule has 0 aromatic carbocycles. The van der Waals surface area contributed by atoms with Gasteiger partial charge in [-0.2, -0.15) is 4.40 Å². The van der Waals surface area contributed by atoms with Gasteiger partial charge in [0.05, 0.1) is 6.34 Å². The maximum absolute atomic E-state index is 13.6. The molecule has 130 valence electrons. The highest BCUT2D eigenvalue weighted by molar-refractivity contribution is 7.90. The summed E-state index contributed by atoms with van der Waals surface area (Å²) in [5.41, 5.74) is 0.190. The van der Waals surface area contributed by atoms with Crippen LogP contribution in [0.3, 0.4) is 0 Å². The SMILES string of the molecule is CCOB(OC(C)C)C1=CN=S(N=CN(C)C)C(C)=C1C(F)F. The maximum atomic E-state index is 13.6. The van der Waals surface area contributed by atoms with Gasteiger partial charge in [-0.1, -0.05) is 0 Å². The van der Waals surface area contributed by atoms with Crippen molar-refractivity contribution in [3.05, 3.63) is 22.2 Å². The van der Waals surface area contributed by atoms with Gasteiger partial charge in [0.25, 0.3) is 6.43 Å². The molecule has 0 fully saturated rings. The molecule has 23 heavy (non-hydrogen) atoms. The van der Waals surface area contributed by atoms with Crippen molar-refractivity contribution in [1.29, 1.82) is 0 Å². The van der Waals surface area contributed by atoms with Gasteiger partial charge in [0, 0.05) is 59.8 Å². The van der Waals surface area contributed by atoms with Crippen molar-refractivity contribution in [2.24, 2.45) is 8.76 Å². The van der Waals surface area contributed by atoms with Crippen LogP contribution in [0.25, 0.3) is 0 Å². The summed E-state index contributed by atoms with van der Waals surface area (Å²) in [6.07, 6.45) is 0.189. The quantitative estimate of drug-likeness (QED) is 0.385. The van der Waals surface area contributed by atoms with Crippen molar-refractivity contribution in [2.45, 2.75) is 40.2 Å². The first-order chi connectivity index (χ1) is 10.8. The molecule has 1 aliphatic rings. The van der Waals surface area contributed by atoms with Gasteiger partial charge in [0.1, 0.15) is 0 Å². The third kappa shape index (κ3) is 5.82.